The van der Waals surface area contributed by atoms with Gasteiger partial charge in [0.05, 0.1) is 31.1 Å². The Balaban J connectivity index is 1.52. The van der Waals surface area contributed by atoms with E-state index in [1.807, 2.05) is 26.0 Å². The fourth-order valence-electron chi connectivity index (χ4n) is 4.34. The second-order valence-electron chi connectivity index (χ2n) is 7.94. The van der Waals surface area contributed by atoms with Crippen molar-refractivity contribution in [2.75, 3.05) is 31.2 Å². The lowest BCUT2D eigenvalue weighted by Gasteiger charge is -2.28. The van der Waals surface area contributed by atoms with Crippen molar-refractivity contribution in [2.24, 2.45) is 0 Å². The van der Waals surface area contributed by atoms with Crippen molar-refractivity contribution in [1.82, 2.24) is 20.1 Å². The standard InChI is InChI=1S/C21H29N5O4/c1-3-26-16(10-13(2)24-26)21(29)23-19-15(11-17(27)20(19)28)14-4-5-18(22-12-14)25-6-8-30-9-7-25/h4-5,10,12,15,17,19-20,27-28H,3,6-9,11H2,1-2H3,(H,23,29). The number of nitrogens with zero attached hydrogens (tertiary/aromatic N) is 4. The summed E-state index contributed by atoms with van der Waals surface area (Å²) in [7, 11) is 0. The van der Waals surface area contributed by atoms with Gasteiger partial charge in [0.2, 0.25) is 0 Å². The molecular weight excluding hydrogens is 386 g/mol. The highest BCUT2D eigenvalue weighted by Gasteiger charge is 2.43. The normalized spacial score (nSPS) is 26.7. The van der Waals surface area contributed by atoms with E-state index >= 15 is 0 Å². The highest BCUT2D eigenvalue weighted by Crippen LogP contribution is 2.35. The molecule has 2 aromatic rings. The quantitative estimate of drug-likeness (QED) is 0.650. The number of pyridine rings is 1. The van der Waals surface area contributed by atoms with Crippen LogP contribution >= 0.6 is 0 Å². The van der Waals surface area contributed by atoms with Crippen LogP contribution in [0.1, 0.15) is 41.0 Å². The van der Waals surface area contributed by atoms with Crippen molar-refractivity contribution >= 4 is 11.7 Å². The van der Waals surface area contributed by atoms with Crippen molar-refractivity contribution in [3.63, 3.8) is 0 Å². The van der Waals surface area contributed by atoms with Gasteiger partial charge < -0.3 is 25.2 Å². The molecule has 1 amide bonds. The molecule has 1 saturated heterocycles. The summed E-state index contributed by atoms with van der Waals surface area (Å²) in [6.07, 6.45) is 0.186. The van der Waals surface area contributed by atoms with Crippen LogP contribution in [0.2, 0.25) is 0 Å². The van der Waals surface area contributed by atoms with Gasteiger partial charge in [-0.2, -0.15) is 5.10 Å². The van der Waals surface area contributed by atoms with E-state index in [9.17, 15) is 15.0 Å². The van der Waals surface area contributed by atoms with Gasteiger partial charge in [-0.05, 0) is 38.0 Å². The first-order valence-corrected chi connectivity index (χ1v) is 10.5. The Labute approximate surface area is 175 Å². The van der Waals surface area contributed by atoms with Crippen LogP contribution in [0.25, 0.3) is 0 Å². The SMILES string of the molecule is CCn1nc(C)cc1C(=O)NC1C(c2ccc(N3CCOCC3)nc2)CC(O)C1O. The minimum atomic E-state index is -1.04. The molecule has 0 bridgehead atoms. The third-order valence-electron chi connectivity index (χ3n) is 5.96. The number of hydrogen-bond acceptors (Lipinski definition) is 7. The lowest BCUT2D eigenvalue weighted by Crippen LogP contribution is -2.45. The van der Waals surface area contributed by atoms with Gasteiger partial charge in [0, 0.05) is 31.7 Å². The van der Waals surface area contributed by atoms with E-state index in [0.717, 1.165) is 30.2 Å². The van der Waals surface area contributed by atoms with E-state index in [1.54, 1.807) is 16.9 Å². The van der Waals surface area contributed by atoms with Crippen LogP contribution in [0, 0.1) is 6.92 Å². The van der Waals surface area contributed by atoms with E-state index < -0.39 is 18.2 Å². The van der Waals surface area contributed by atoms with Crippen LogP contribution in [0.5, 0.6) is 0 Å². The molecule has 1 saturated carbocycles. The van der Waals surface area contributed by atoms with Gasteiger partial charge in [0.1, 0.15) is 17.6 Å². The van der Waals surface area contributed by atoms with E-state index in [-0.39, 0.29) is 11.8 Å². The van der Waals surface area contributed by atoms with Gasteiger partial charge in [-0.3, -0.25) is 9.48 Å². The maximum absolute atomic E-state index is 12.9. The minimum absolute atomic E-state index is 0.232. The first-order chi connectivity index (χ1) is 14.5. The van der Waals surface area contributed by atoms with Crippen LogP contribution in [-0.2, 0) is 11.3 Å². The van der Waals surface area contributed by atoms with Gasteiger partial charge in [-0.25, -0.2) is 4.98 Å². The molecule has 1 aliphatic heterocycles. The summed E-state index contributed by atoms with van der Waals surface area (Å²) in [6.45, 7) is 7.30. The Morgan fingerprint density at radius 3 is 2.73 bits per heavy atom. The monoisotopic (exact) mass is 415 g/mol. The average molecular weight is 415 g/mol. The van der Waals surface area contributed by atoms with Crippen LogP contribution in [0.4, 0.5) is 5.82 Å². The molecule has 3 heterocycles. The predicted octanol–water partition coefficient (Wildman–Crippen LogP) is 0.451. The van der Waals surface area contributed by atoms with Crippen LogP contribution in [0.3, 0.4) is 0 Å². The number of aryl methyl sites for hydroxylation is 2. The number of anilines is 1. The Kier molecular flexibility index (Phi) is 6.03. The summed E-state index contributed by atoms with van der Waals surface area (Å²) in [5.74, 6) is 0.340. The minimum Gasteiger partial charge on any atom is -0.390 e. The van der Waals surface area contributed by atoms with Crippen LogP contribution in [-0.4, -0.2) is 75.4 Å². The Bertz CT molecular complexity index is 878. The number of aromatic nitrogens is 3. The van der Waals surface area contributed by atoms with Crippen molar-refractivity contribution < 1.29 is 19.7 Å². The molecule has 9 heteroatoms. The number of hydrogen-bond donors (Lipinski definition) is 3. The zero-order valence-corrected chi connectivity index (χ0v) is 17.4. The molecular formula is C21H29N5O4. The second-order valence-corrected chi connectivity index (χ2v) is 7.94. The number of ether oxygens (including phenoxy) is 1. The number of nitrogens with one attached hydrogen (secondary N) is 1. The van der Waals surface area contributed by atoms with E-state index in [4.69, 9.17) is 4.74 Å². The van der Waals surface area contributed by atoms with Gasteiger partial charge in [-0.1, -0.05) is 6.07 Å². The van der Waals surface area contributed by atoms with Crippen LogP contribution < -0.4 is 10.2 Å². The van der Waals surface area contributed by atoms with Crippen molar-refractivity contribution in [3.8, 4) is 0 Å². The lowest BCUT2D eigenvalue weighted by atomic mass is 9.94. The topological polar surface area (TPSA) is 113 Å². The van der Waals surface area contributed by atoms with Crippen molar-refractivity contribution in [1.29, 1.82) is 0 Å². The van der Waals surface area contributed by atoms with Gasteiger partial charge in [0.25, 0.3) is 5.91 Å². The number of rotatable bonds is 5. The zero-order valence-electron chi connectivity index (χ0n) is 17.4. The average Bonchev–Trinajstić information content (AvgIpc) is 3.29. The Morgan fingerprint density at radius 2 is 2.07 bits per heavy atom. The fraction of sp³-hybridized carbons (Fsp3) is 0.571. The summed E-state index contributed by atoms with van der Waals surface area (Å²) in [4.78, 5) is 19.6. The number of aliphatic hydroxyl groups is 2. The Morgan fingerprint density at radius 1 is 1.30 bits per heavy atom. The molecule has 9 nitrogen and oxygen atoms in total. The molecule has 2 aromatic heterocycles. The fourth-order valence-corrected chi connectivity index (χ4v) is 4.34. The molecule has 4 rings (SSSR count). The smallest absolute Gasteiger partial charge is 0.269 e. The maximum Gasteiger partial charge on any atom is 0.269 e. The summed E-state index contributed by atoms with van der Waals surface area (Å²) in [5.41, 5.74) is 2.09. The van der Waals surface area contributed by atoms with Crippen LogP contribution in [0.15, 0.2) is 24.4 Å². The van der Waals surface area contributed by atoms with Crippen molar-refractivity contribution in [3.05, 3.63) is 41.3 Å². The molecule has 4 atom stereocenters. The third-order valence-corrected chi connectivity index (χ3v) is 5.96. The molecule has 4 unspecified atom stereocenters. The molecule has 0 radical (unpaired) electrons. The first kappa shape index (κ1) is 20.8. The maximum atomic E-state index is 12.9. The summed E-state index contributed by atoms with van der Waals surface area (Å²) in [6, 6.07) is 5.03. The largest absolute Gasteiger partial charge is 0.390 e. The highest BCUT2D eigenvalue weighted by molar-refractivity contribution is 5.93. The number of aliphatic hydroxyl groups excluding tert-OH is 2. The summed E-state index contributed by atoms with van der Waals surface area (Å²) < 4.78 is 7.02. The molecule has 30 heavy (non-hydrogen) atoms. The lowest BCUT2D eigenvalue weighted by molar-refractivity contribution is 0.0293. The van der Waals surface area contributed by atoms with E-state index in [0.29, 0.717) is 31.9 Å². The molecule has 1 aliphatic carbocycles. The van der Waals surface area contributed by atoms with Gasteiger partial charge >= 0.3 is 0 Å². The van der Waals surface area contributed by atoms with Gasteiger partial charge in [0.15, 0.2) is 0 Å². The molecule has 0 aromatic carbocycles. The third kappa shape index (κ3) is 4.05. The van der Waals surface area contributed by atoms with Gasteiger partial charge in [-0.15, -0.1) is 0 Å². The zero-order chi connectivity index (χ0) is 21.3. The molecule has 162 valence electrons. The highest BCUT2D eigenvalue weighted by atomic mass is 16.5. The number of morpholine rings is 1. The first-order valence-electron chi connectivity index (χ1n) is 10.5. The number of carbonyl (C=O) groups is 1. The summed E-state index contributed by atoms with van der Waals surface area (Å²) in [5, 5.41) is 28.1. The van der Waals surface area contributed by atoms with E-state index in [2.05, 4.69) is 20.3 Å². The number of amides is 1. The van der Waals surface area contributed by atoms with E-state index in [1.165, 1.54) is 0 Å². The molecule has 2 aliphatic rings. The second kappa shape index (κ2) is 8.71. The van der Waals surface area contributed by atoms with Crippen molar-refractivity contribution in [2.45, 2.75) is 51.0 Å². The predicted molar refractivity (Wildman–Crippen MR) is 111 cm³/mol. The summed E-state index contributed by atoms with van der Waals surface area (Å²) >= 11 is 0. The Hall–Kier alpha value is -2.49. The number of carbonyl (C=O) groups excluding carboxylic acids is 1. The molecule has 3 N–H and O–H groups in total. The molecule has 0 spiro atoms. The molecule has 2 fully saturated rings.